The second-order valence-electron chi connectivity index (χ2n) is 6.19. The fourth-order valence-electron chi connectivity index (χ4n) is 3.60. The summed E-state index contributed by atoms with van der Waals surface area (Å²) in [4.78, 5) is 16.0. The molecule has 0 amide bonds. The lowest BCUT2D eigenvalue weighted by atomic mass is 10.0. The molecule has 4 rings (SSSR count). The highest BCUT2D eigenvalue weighted by Crippen LogP contribution is 2.37. The highest BCUT2D eigenvalue weighted by molar-refractivity contribution is 7.10. The molecule has 0 bridgehead atoms. The van der Waals surface area contributed by atoms with Crippen molar-refractivity contribution in [1.29, 1.82) is 0 Å². The summed E-state index contributed by atoms with van der Waals surface area (Å²) in [6.07, 6.45) is 2.04. The summed E-state index contributed by atoms with van der Waals surface area (Å²) in [5.41, 5.74) is 2.22. The molecule has 2 aromatic heterocycles. The fourth-order valence-corrected chi connectivity index (χ4v) is 4.48. The molecule has 0 unspecified atom stereocenters. The smallest absolute Gasteiger partial charge is 0.227 e. The largest absolute Gasteiger partial charge is 0.314 e. The molecule has 1 fully saturated rings. The quantitative estimate of drug-likeness (QED) is 0.795. The molecule has 0 aliphatic carbocycles. The van der Waals surface area contributed by atoms with Gasteiger partial charge in [0.1, 0.15) is 0 Å². The van der Waals surface area contributed by atoms with Crippen LogP contribution in [0.3, 0.4) is 0 Å². The normalized spacial score (nSPS) is 17.2. The molecule has 24 heavy (non-hydrogen) atoms. The maximum Gasteiger partial charge on any atom is 0.227 e. The van der Waals surface area contributed by atoms with Crippen LogP contribution in [0.5, 0.6) is 0 Å². The Morgan fingerprint density at radius 3 is 2.67 bits per heavy atom. The minimum atomic E-state index is 0.0580. The molecule has 3 heterocycles. The van der Waals surface area contributed by atoms with E-state index in [9.17, 15) is 4.79 Å². The van der Waals surface area contributed by atoms with E-state index in [4.69, 9.17) is 0 Å². The molecule has 1 N–H and O–H groups in total. The average molecular weight is 339 g/mol. The number of rotatable bonds is 3. The summed E-state index contributed by atoms with van der Waals surface area (Å²) in [6.45, 7) is 5.67. The lowest BCUT2D eigenvalue weighted by Crippen LogP contribution is -2.45. The number of hydrogen-bond acceptors (Lipinski definition) is 4. The first kappa shape index (κ1) is 15.6. The molecule has 1 atom stereocenters. The molecule has 0 spiro atoms. The first-order valence-corrected chi connectivity index (χ1v) is 9.23. The van der Waals surface area contributed by atoms with Crippen molar-refractivity contribution in [1.82, 2.24) is 14.8 Å². The predicted molar refractivity (Wildman–Crippen MR) is 98.8 cm³/mol. The van der Waals surface area contributed by atoms with E-state index in [0.717, 1.165) is 31.7 Å². The number of carbonyl (C=O) groups excluding carboxylic acids is 1. The molecule has 1 aliphatic rings. The minimum Gasteiger partial charge on any atom is -0.314 e. The van der Waals surface area contributed by atoms with Crippen molar-refractivity contribution in [3.63, 3.8) is 0 Å². The van der Waals surface area contributed by atoms with Crippen LogP contribution in [0.15, 0.2) is 48.0 Å². The zero-order valence-corrected chi connectivity index (χ0v) is 14.6. The Morgan fingerprint density at radius 1 is 1.17 bits per heavy atom. The number of nitrogens with one attached hydrogen (secondary N) is 1. The van der Waals surface area contributed by atoms with E-state index < -0.39 is 0 Å². The van der Waals surface area contributed by atoms with Gasteiger partial charge in [0.25, 0.3) is 0 Å². The van der Waals surface area contributed by atoms with Gasteiger partial charge in [0, 0.05) is 55.1 Å². The number of nitrogens with zero attached hydrogens (tertiary/aromatic N) is 2. The number of piperazine rings is 1. The Hall–Kier alpha value is -1.95. The lowest BCUT2D eigenvalue weighted by Gasteiger charge is -2.34. The topological polar surface area (TPSA) is 37.3 Å². The third-order valence-corrected chi connectivity index (χ3v) is 5.63. The molecule has 0 saturated carbocycles. The van der Waals surface area contributed by atoms with Gasteiger partial charge in [0.2, 0.25) is 5.91 Å². The second kappa shape index (κ2) is 6.51. The third kappa shape index (κ3) is 2.69. The van der Waals surface area contributed by atoms with E-state index in [1.54, 1.807) is 22.8 Å². The van der Waals surface area contributed by atoms with Gasteiger partial charge in [0.15, 0.2) is 0 Å². The van der Waals surface area contributed by atoms with Crippen LogP contribution in [0.4, 0.5) is 0 Å². The first-order valence-electron chi connectivity index (χ1n) is 8.35. The highest BCUT2D eigenvalue weighted by atomic mass is 32.1. The molecule has 1 aromatic carbocycles. The molecule has 1 aliphatic heterocycles. The van der Waals surface area contributed by atoms with Gasteiger partial charge in [-0.3, -0.25) is 14.3 Å². The average Bonchev–Trinajstić information content (AvgIpc) is 3.25. The number of thiophene rings is 1. The van der Waals surface area contributed by atoms with E-state index in [2.05, 4.69) is 39.9 Å². The van der Waals surface area contributed by atoms with Gasteiger partial charge >= 0.3 is 0 Å². The Kier molecular flexibility index (Phi) is 4.22. The number of aromatic nitrogens is 1. The molecular weight excluding hydrogens is 318 g/mol. The summed E-state index contributed by atoms with van der Waals surface area (Å²) in [5.74, 6) is 0.0580. The summed E-state index contributed by atoms with van der Waals surface area (Å²) in [7, 11) is 0. The molecule has 5 heteroatoms. The van der Waals surface area contributed by atoms with E-state index in [1.807, 2.05) is 18.3 Å². The van der Waals surface area contributed by atoms with Crippen molar-refractivity contribution >= 4 is 28.1 Å². The van der Waals surface area contributed by atoms with E-state index in [-0.39, 0.29) is 11.9 Å². The van der Waals surface area contributed by atoms with Gasteiger partial charge in [-0.1, -0.05) is 24.3 Å². The van der Waals surface area contributed by atoms with Crippen LogP contribution in [0.1, 0.15) is 28.2 Å². The summed E-state index contributed by atoms with van der Waals surface area (Å²) in [5, 5.41) is 6.73. The van der Waals surface area contributed by atoms with Crippen LogP contribution in [-0.4, -0.2) is 41.6 Å². The number of carbonyl (C=O) groups is 1. The third-order valence-electron chi connectivity index (χ3n) is 4.71. The number of benzene rings is 1. The van der Waals surface area contributed by atoms with Crippen LogP contribution < -0.4 is 5.32 Å². The molecule has 4 nitrogen and oxygen atoms in total. The van der Waals surface area contributed by atoms with Gasteiger partial charge in [0.05, 0.1) is 11.6 Å². The summed E-state index contributed by atoms with van der Waals surface area (Å²) in [6, 6.07) is 12.7. The highest BCUT2D eigenvalue weighted by Gasteiger charge is 2.28. The van der Waals surface area contributed by atoms with Crippen molar-refractivity contribution in [2.75, 3.05) is 26.2 Å². The minimum absolute atomic E-state index is 0.0580. The fraction of sp³-hybridized carbons (Fsp3) is 0.316. The van der Waals surface area contributed by atoms with Crippen LogP contribution in [-0.2, 0) is 0 Å². The van der Waals surface area contributed by atoms with Crippen LogP contribution in [0, 0.1) is 0 Å². The number of hydrogen-bond donors (Lipinski definition) is 1. The van der Waals surface area contributed by atoms with Gasteiger partial charge in [-0.25, -0.2) is 0 Å². The maximum atomic E-state index is 12.1. The van der Waals surface area contributed by atoms with E-state index in [0.29, 0.717) is 0 Å². The Bertz CT molecular complexity index is 847. The molecule has 3 aromatic rings. The zero-order valence-electron chi connectivity index (χ0n) is 13.7. The van der Waals surface area contributed by atoms with Crippen molar-refractivity contribution < 1.29 is 4.79 Å². The van der Waals surface area contributed by atoms with E-state index in [1.165, 1.54) is 15.8 Å². The summed E-state index contributed by atoms with van der Waals surface area (Å²) < 4.78 is 1.79. The maximum absolute atomic E-state index is 12.1. The van der Waals surface area contributed by atoms with Gasteiger partial charge in [-0.2, -0.15) is 0 Å². The van der Waals surface area contributed by atoms with Crippen LogP contribution >= 0.6 is 11.3 Å². The summed E-state index contributed by atoms with van der Waals surface area (Å²) >= 11 is 1.79. The lowest BCUT2D eigenvalue weighted by molar-refractivity contribution is 0.0941. The second-order valence-corrected chi connectivity index (χ2v) is 7.17. The van der Waals surface area contributed by atoms with Crippen molar-refractivity contribution in [2.45, 2.75) is 13.0 Å². The number of para-hydroxylation sites is 1. The number of fused-ring (bicyclic) bond motifs is 1. The van der Waals surface area contributed by atoms with Gasteiger partial charge < -0.3 is 5.32 Å². The Labute approximate surface area is 145 Å². The Morgan fingerprint density at radius 2 is 1.96 bits per heavy atom. The van der Waals surface area contributed by atoms with Crippen molar-refractivity contribution in [3.05, 3.63) is 58.4 Å². The van der Waals surface area contributed by atoms with Crippen LogP contribution in [0.25, 0.3) is 10.9 Å². The van der Waals surface area contributed by atoms with Crippen molar-refractivity contribution in [3.8, 4) is 0 Å². The molecule has 1 saturated heterocycles. The van der Waals surface area contributed by atoms with Crippen LogP contribution in [0.2, 0.25) is 0 Å². The molecule has 0 radical (unpaired) electrons. The SMILES string of the molecule is CC(=O)n1cc([C@H](c2cccs2)N2CCNCC2)c2ccccc21. The van der Waals surface area contributed by atoms with Gasteiger partial charge in [-0.15, -0.1) is 11.3 Å². The van der Waals surface area contributed by atoms with E-state index >= 15 is 0 Å². The predicted octanol–water partition coefficient (Wildman–Crippen LogP) is 3.36. The Balaban J connectivity index is 1.89. The first-order chi connectivity index (χ1) is 11.8. The van der Waals surface area contributed by atoms with Crippen molar-refractivity contribution in [2.24, 2.45) is 0 Å². The standard InChI is InChI=1S/C19H21N3OS/c1-14(23)22-13-16(15-5-2-3-6-17(15)22)19(18-7-4-12-24-18)21-10-8-20-9-11-21/h2-7,12-13,19-20H,8-11H2,1H3/t19-/m1/s1. The molecule has 124 valence electrons. The molecular formula is C19H21N3OS. The van der Waals surface area contributed by atoms with Gasteiger partial charge in [-0.05, 0) is 17.5 Å². The zero-order chi connectivity index (χ0) is 16.5. The monoisotopic (exact) mass is 339 g/mol.